The Morgan fingerprint density at radius 3 is 2.55 bits per heavy atom. The average Bonchev–Trinajstić information content (AvgIpc) is 3.15. The fourth-order valence-electron chi connectivity index (χ4n) is 3.31. The van der Waals surface area contributed by atoms with Crippen LogP contribution in [0.4, 0.5) is 0 Å². The number of hydrogen-bond acceptors (Lipinski definition) is 5. The number of carbonyl (C=O) groups is 1. The van der Waals surface area contributed by atoms with Crippen molar-refractivity contribution in [2.24, 2.45) is 0 Å². The summed E-state index contributed by atoms with van der Waals surface area (Å²) in [5, 5.41) is 3.78. The van der Waals surface area contributed by atoms with Crippen molar-refractivity contribution in [1.82, 2.24) is 9.62 Å². The number of amides is 1. The molecule has 31 heavy (non-hydrogen) atoms. The molecule has 3 rings (SSSR count). The van der Waals surface area contributed by atoms with Crippen LogP contribution in [-0.2, 0) is 10.0 Å². The van der Waals surface area contributed by atoms with Crippen LogP contribution in [-0.4, -0.2) is 39.3 Å². The Kier molecular flexibility index (Phi) is 6.43. The van der Waals surface area contributed by atoms with Gasteiger partial charge in [0.25, 0.3) is 5.91 Å². The smallest absolute Gasteiger partial charge is 0.251 e. The van der Waals surface area contributed by atoms with Crippen molar-refractivity contribution in [2.75, 3.05) is 20.7 Å². The van der Waals surface area contributed by atoms with Gasteiger partial charge in [0, 0.05) is 25.0 Å². The summed E-state index contributed by atoms with van der Waals surface area (Å²) in [4.78, 5) is 13.1. The summed E-state index contributed by atoms with van der Waals surface area (Å²) in [6.45, 7) is 7.76. The lowest BCUT2D eigenvalue weighted by atomic mass is 10.1. The molecule has 0 saturated heterocycles. The van der Waals surface area contributed by atoms with Crippen molar-refractivity contribution < 1.29 is 22.4 Å². The molecule has 3 aromatic rings. The highest BCUT2D eigenvalue weighted by Gasteiger charge is 2.24. The Morgan fingerprint density at radius 2 is 1.90 bits per heavy atom. The number of fused-ring (bicyclic) bond motifs is 1. The Morgan fingerprint density at radius 1 is 1.19 bits per heavy atom. The molecule has 0 radical (unpaired) electrons. The molecular formula is C23H28N2O5S. The van der Waals surface area contributed by atoms with Crippen molar-refractivity contribution in [1.29, 1.82) is 0 Å². The highest BCUT2D eigenvalue weighted by Crippen LogP contribution is 2.31. The maximum atomic E-state index is 12.9. The molecule has 1 N–H and O–H groups in total. The van der Waals surface area contributed by atoms with Gasteiger partial charge in [0.1, 0.15) is 5.76 Å². The van der Waals surface area contributed by atoms with Gasteiger partial charge in [-0.15, -0.1) is 0 Å². The number of rotatable bonds is 7. The van der Waals surface area contributed by atoms with Gasteiger partial charge in [0.15, 0.2) is 11.3 Å². The standard InChI is InChI=1S/C23H28N2O5S/c1-7-29-19-10-8-9-17-12-20(30-22(17)19)16(4)24-23(26)18-11-14(2)15(3)21(13-18)31(27,28)25(5)6/h8-13,16H,7H2,1-6H3,(H,24,26). The van der Waals surface area contributed by atoms with E-state index in [0.717, 1.165) is 15.3 Å². The number of ether oxygens (including phenoxy) is 1. The van der Waals surface area contributed by atoms with Gasteiger partial charge in [-0.3, -0.25) is 4.79 Å². The van der Waals surface area contributed by atoms with Crippen molar-refractivity contribution in [2.45, 2.75) is 38.6 Å². The summed E-state index contributed by atoms with van der Waals surface area (Å²) < 4.78 is 38.1. The zero-order valence-corrected chi connectivity index (χ0v) is 19.5. The lowest BCUT2D eigenvalue weighted by molar-refractivity contribution is 0.0935. The molecule has 0 saturated carbocycles. The molecule has 166 valence electrons. The fraction of sp³-hybridized carbons (Fsp3) is 0.348. The summed E-state index contributed by atoms with van der Waals surface area (Å²) in [6.07, 6.45) is 0. The molecule has 0 aliphatic heterocycles. The van der Waals surface area contributed by atoms with Crippen LogP contribution < -0.4 is 10.1 Å². The molecule has 1 heterocycles. The van der Waals surface area contributed by atoms with Gasteiger partial charge >= 0.3 is 0 Å². The van der Waals surface area contributed by atoms with Crippen LogP contribution in [0.1, 0.15) is 47.1 Å². The molecule has 0 aliphatic carbocycles. The van der Waals surface area contributed by atoms with E-state index in [0.29, 0.717) is 29.3 Å². The first kappa shape index (κ1) is 22.8. The van der Waals surface area contributed by atoms with Crippen LogP contribution in [0.25, 0.3) is 11.0 Å². The maximum absolute atomic E-state index is 12.9. The van der Waals surface area contributed by atoms with Gasteiger partial charge in [-0.05, 0) is 63.1 Å². The zero-order chi connectivity index (χ0) is 22.9. The second kappa shape index (κ2) is 8.72. The lowest BCUT2D eigenvalue weighted by Crippen LogP contribution is -2.28. The van der Waals surface area contributed by atoms with Crippen LogP contribution in [0.15, 0.2) is 45.7 Å². The molecule has 0 aliphatic rings. The number of furan rings is 1. The van der Waals surface area contributed by atoms with Crippen molar-refractivity contribution >= 4 is 26.9 Å². The van der Waals surface area contributed by atoms with Crippen LogP contribution >= 0.6 is 0 Å². The minimum absolute atomic E-state index is 0.125. The van der Waals surface area contributed by atoms with Crippen LogP contribution in [0, 0.1) is 13.8 Å². The predicted octanol–water partition coefficient (Wildman–Crippen LogP) is 4.19. The van der Waals surface area contributed by atoms with Crippen molar-refractivity contribution in [3.8, 4) is 5.75 Å². The van der Waals surface area contributed by atoms with Gasteiger partial charge in [-0.2, -0.15) is 0 Å². The highest BCUT2D eigenvalue weighted by molar-refractivity contribution is 7.89. The van der Waals surface area contributed by atoms with E-state index >= 15 is 0 Å². The molecule has 1 aromatic heterocycles. The van der Waals surface area contributed by atoms with Gasteiger partial charge < -0.3 is 14.5 Å². The van der Waals surface area contributed by atoms with E-state index < -0.39 is 16.1 Å². The molecule has 2 aromatic carbocycles. The van der Waals surface area contributed by atoms with E-state index in [2.05, 4.69) is 5.32 Å². The lowest BCUT2D eigenvalue weighted by Gasteiger charge is -2.17. The normalized spacial score (nSPS) is 12.9. The molecule has 0 fully saturated rings. The van der Waals surface area contributed by atoms with E-state index in [1.807, 2.05) is 38.1 Å². The fourth-order valence-corrected chi connectivity index (χ4v) is 4.53. The Bertz CT molecular complexity index is 1230. The quantitative estimate of drug-likeness (QED) is 0.590. The number of para-hydroxylation sites is 1. The number of carbonyl (C=O) groups excluding carboxylic acids is 1. The van der Waals surface area contributed by atoms with Crippen LogP contribution in [0.2, 0.25) is 0 Å². The van der Waals surface area contributed by atoms with Gasteiger partial charge in [-0.25, -0.2) is 12.7 Å². The third kappa shape index (κ3) is 4.45. The molecule has 1 amide bonds. The number of aryl methyl sites for hydroxylation is 1. The number of sulfonamides is 1. The third-order valence-corrected chi connectivity index (χ3v) is 7.18. The van der Waals surface area contributed by atoms with E-state index in [1.165, 1.54) is 20.2 Å². The summed E-state index contributed by atoms with van der Waals surface area (Å²) in [5.74, 6) is 0.856. The maximum Gasteiger partial charge on any atom is 0.251 e. The number of hydrogen-bond donors (Lipinski definition) is 1. The highest BCUT2D eigenvalue weighted by atomic mass is 32.2. The molecule has 7 nitrogen and oxygen atoms in total. The monoisotopic (exact) mass is 444 g/mol. The molecule has 8 heteroatoms. The second-order valence-electron chi connectivity index (χ2n) is 7.66. The summed E-state index contributed by atoms with van der Waals surface area (Å²) in [7, 11) is -0.735. The Labute approximate surface area is 183 Å². The number of nitrogens with zero attached hydrogens (tertiary/aromatic N) is 1. The average molecular weight is 445 g/mol. The van der Waals surface area contributed by atoms with Gasteiger partial charge in [0.2, 0.25) is 10.0 Å². The van der Waals surface area contributed by atoms with Crippen LogP contribution in [0.3, 0.4) is 0 Å². The summed E-state index contributed by atoms with van der Waals surface area (Å²) in [5.41, 5.74) is 2.26. The Hall–Kier alpha value is -2.84. The minimum atomic E-state index is -3.67. The molecular weight excluding hydrogens is 416 g/mol. The first-order valence-corrected chi connectivity index (χ1v) is 11.5. The SMILES string of the molecule is CCOc1cccc2cc(C(C)NC(=O)c3cc(C)c(C)c(S(=O)(=O)N(C)C)c3)oc12. The number of benzene rings is 2. The van der Waals surface area contributed by atoms with E-state index in [4.69, 9.17) is 9.15 Å². The van der Waals surface area contributed by atoms with E-state index in [9.17, 15) is 13.2 Å². The van der Waals surface area contributed by atoms with Crippen molar-refractivity contribution in [3.63, 3.8) is 0 Å². The summed E-state index contributed by atoms with van der Waals surface area (Å²) in [6, 6.07) is 10.2. The first-order chi connectivity index (χ1) is 14.6. The zero-order valence-electron chi connectivity index (χ0n) is 18.6. The van der Waals surface area contributed by atoms with E-state index in [-0.39, 0.29) is 16.4 Å². The Balaban J connectivity index is 1.90. The van der Waals surface area contributed by atoms with Crippen LogP contribution in [0.5, 0.6) is 5.75 Å². The van der Waals surface area contributed by atoms with Gasteiger partial charge in [-0.1, -0.05) is 12.1 Å². The third-order valence-electron chi connectivity index (χ3n) is 5.24. The van der Waals surface area contributed by atoms with Gasteiger partial charge in [0.05, 0.1) is 17.5 Å². The van der Waals surface area contributed by atoms with E-state index in [1.54, 1.807) is 19.9 Å². The molecule has 1 unspecified atom stereocenters. The number of nitrogens with one attached hydrogen (secondary N) is 1. The first-order valence-electron chi connectivity index (χ1n) is 10.1. The van der Waals surface area contributed by atoms with Crippen molar-refractivity contribution in [3.05, 3.63) is 58.8 Å². The largest absolute Gasteiger partial charge is 0.490 e. The minimum Gasteiger partial charge on any atom is -0.490 e. The predicted molar refractivity (Wildman–Crippen MR) is 120 cm³/mol. The molecule has 0 spiro atoms. The molecule has 1 atom stereocenters. The second-order valence-corrected chi connectivity index (χ2v) is 9.78. The topological polar surface area (TPSA) is 88.8 Å². The molecule has 0 bridgehead atoms. The summed E-state index contributed by atoms with van der Waals surface area (Å²) >= 11 is 0.